The van der Waals surface area contributed by atoms with Gasteiger partial charge in [-0.25, -0.2) is 0 Å². The second kappa shape index (κ2) is 10.3. The van der Waals surface area contributed by atoms with Crippen molar-refractivity contribution in [2.75, 3.05) is 40.1 Å². The summed E-state index contributed by atoms with van der Waals surface area (Å²) in [5.41, 5.74) is 0.413. The van der Waals surface area contributed by atoms with Gasteiger partial charge in [0.1, 0.15) is 18.1 Å². The fourth-order valence-corrected chi connectivity index (χ4v) is 1.67. The number of halogens is 1. The monoisotopic (exact) mass is 317 g/mol. The zero-order valence-electron chi connectivity index (χ0n) is 12.2. The van der Waals surface area contributed by atoms with Gasteiger partial charge < -0.3 is 24.1 Å². The Morgan fingerprint density at radius 2 is 2.00 bits per heavy atom. The van der Waals surface area contributed by atoms with E-state index < -0.39 is 0 Å². The van der Waals surface area contributed by atoms with Crippen molar-refractivity contribution < 1.29 is 24.1 Å². The highest BCUT2D eigenvalue weighted by Gasteiger charge is 2.11. The van der Waals surface area contributed by atoms with Crippen LogP contribution >= 0.6 is 11.8 Å². The van der Waals surface area contributed by atoms with Crippen molar-refractivity contribution >= 4 is 17.7 Å². The second-order valence-corrected chi connectivity index (χ2v) is 4.12. The number of methoxy groups -OCH3 is 1. The third-order valence-electron chi connectivity index (χ3n) is 2.49. The van der Waals surface area contributed by atoms with Crippen LogP contribution < -0.4 is 4.74 Å². The number of hydrogen-bond donors (Lipinski definition) is 1. The Morgan fingerprint density at radius 3 is 2.62 bits per heavy atom. The third-order valence-corrected chi connectivity index (χ3v) is 2.64. The fourth-order valence-electron chi connectivity index (χ4n) is 1.53. The zero-order valence-corrected chi connectivity index (χ0v) is 12.9. The number of aromatic hydroxyl groups is 1. The molecule has 0 aliphatic rings. The molecular weight excluding hydrogens is 298 g/mol. The van der Waals surface area contributed by atoms with Gasteiger partial charge in [0.05, 0.1) is 32.0 Å². The summed E-state index contributed by atoms with van der Waals surface area (Å²) < 4.78 is 24.3. The normalized spacial score (nSPS) is 11.5. The number of rotatable bonds is 9. The van der Waals surface area contributed by atoms with Gasteiger partial charge in [-0.3, -0.25) is 0 Å². The van der Waals surface area contributed by atoms with Crippen LogP contribution in [-0.2, 0) is 14.2 Å². The van der Waals surface area contributed by atoms with E-state index in [2.05, 4.69) is 4.51 Å². The SMILES string of the molecule is CCOC(=NCl)c1ccc(OCCOCCOC)cc1O. The highest BCUT2D eigenvalue weighted by Crippen LogP contribution is 2.25. The summed E-state index contributed by atoms with van der Waals surface area (Å²) in [5.74, 6) is 0.684. The number of hydrogen-bond acceptors (Lipinski definition) is 6. The first kappa shape index (κ1) is 17.6. The maximum Gasteiger partial charge on any atom is 0.237 e. The van der Waals surface area contributed by atoms with Crippen LogP contribution in [0.4, 0.5) is 0 Å². The Hall–Kier alpha value is -1.50. The summed E-state index contributed by atoms with van der Waals surface area (Å²) in [4.78, 5) is 0. The molecular formula is C14H20ClNO5. The van der Waals surface area contributed by atoms with Crippen LogP contribution in [-0.4, -0.2) is 51.1 Å². The average Bonchev–Trinajstić information content (AvgIpc) is 2.49. The number of phenolic OH excluding ortho intramolecular Hbond substituents is 1. The summed E-state index contributed by atoms with van der Waals surface area (Å²) in [7, 11) is 1.62. The Morgan fingerprint density at radius 1 is 1.24 bits per heavy atom. The highest BCUT2D eigenvalue weighted by atomic mass is 35.5. The Balaban J connectivity index is 2.50. The summed E-state index contributed by atoms with van der Waals surface area (Å²) in [6.45, 7) is 4.10. The van der Waals surface area contributed by atoms with Gasteiger partial charge in [0, 0.05) is 25.0 Å². The van der Waals surface area contributed by atoms with E-state index in [0.717, 1.165) is 0 Å². The van der Waals surface area contributed by atoms with Gasteiger partial charge in [-0.2, -0.15) is 0 Å². The smallest absolute Gasteiger partial charge is 0.237 e. The molecule has 0 heterocycles. The van der Waals surface area contributed by atoms with Crippen LogP contribution in [0.2, 0.25) is 0 Å². The molecule has 0 aliphatic heterocycles. The number of phenols is 1. The first-order chi connectivity index (χ1) is 10.2. The average molecular weight is 318 g/mol. The minimum Gasteiger partial charge on any atom is -0.507 e. The molecule has 0 bridgehead atoms. The van der Waals surface area contributed by atoms with Crippen molar-refractivity contribution in [3.63, 3.8) is 0 Å². The van der Waals surface area contributed by atoms with Crippen molar-refractivity contribution in [3.8, 4) is 11.5 Å². The van der Waals surface area contributed by atoms with Crippen molar-refractivity contribution in [1.82, 2.24) is 0 Å². The molecule has 7 heteroatoms. The topological polar surface area (TPSA) is 69.5 Å². The van der Waals surface area contributed by atoms with Gasteiger partial charge in [0.2, 0.25) is 5.90 Å². The lowest BCUT2D eigenvalue weighted by molar-refractivity contribution is 0.0544. The molecule has 0 atom stereocenters. The van der Waals surface area contributed by atoms with Crippen LogP contribution in [0.15, 0.2) is 22.7 Å². The molecule has 0 saturated heterocycles. The third kappa shape index (κ3) is 6.20. The molecule has 0 saturated carbocycles. The maximum atomic E-state index is 9.94. The lowest BCUT2D eigenvalue weighted by Gasteiger charge is -2.10. The van der Waals surface area contributed by atoms with E-state index in [-0.39, 0.29) is 11.6 Å². The van der Waals surface area contributed by atoms with E-state index in [1.54, 1.807) is 26.2 Å². The van der Waals surface area contributed by atoms with E-state index in [1.807, 2.05) is 0 Å². The Bertz CT molecular complexity index is 453. The Labute approximate surface area is 129 Å². The number of nitrogens with zero attached hydrogens (tertiary/aromatic N) is 1. The fraction of sp³-hybridized carbons (Fsp3) is 0.500. The Kier molecular flexibility index (Phi) is 8.57. The minimum absolute atomic E-state index is 0.0133. The summed E-state index contributed by atoms with van der Waals surface area (Å²) in [5, 5.41) is 9.94. The van der Waals surface area contributed by atoms with Gasteiger partial charge in [0.25, 0.3) is 0 Å². The van der Waals surface area contributed by atoms with E-state index >= 15 is 0 Å². The molecule has 118 valence electrons. The van der Waals surface area contributed by atoms with Crippen LogP contribution in [0.3, 0.4) is 0 Å². The lowest BCUT2D eigenvalue weighted by atomic mass is 10.2. The van der Waals surface area contributed by atoms with Crippen LogP contribution in [0.5, 0.6) is 11.5 Å². The molecule has 0 spiro atoms. The van der Waals surface area contributed by atoms with Crippen LogP contribution in [0.25, 0.3) is 0 Å². The molecule has 0 aliphatic carbocycles. The largest absolute Gasteiger partial charge is 0.507 e. The summed E-state index contributed by atoms with van der Waals surface area (Å²) in [6, 6.07) is 4.81. The van der Waals surface area contributed by atoms with E-state index in [1.165, 1.54) is 6.07 Å². The predicted molar refractivity (Wildman–Crippen MR) is 80.3 cm³/mol. The van der Waals surface area contributed by atoms with Gasteiger partial charge in [-0.05, 0) is 19.1 Å². The van der Waals surface area contributed by atoms with Crippen LogP contribution in [0, 0.1) is 0 Å². The molecule has 0 radical (unpaired) electrons. The first-order valence-corrected chi connectivity index (χ1v) is 6.91. The molecule has 0 aromatic heterocycles. The van der Waals surface area contributed by atoms with Gasteiger partial charge in [-0.15, -0.1) is 4.51 Å². The van der Waals surface area contributed by atoms with Crippen molar-refractivity contribution in [2.24, 2.45) is 4.51 Å². The molecule has 6 nitrogen and oxygen atoms in total. The molecule has 0 amide bonds. The van der Waals surface area contributed by atoms with Gasteiger partial charge in [0.15, 0.2) is 0 Å². The van der Waals surface area contributed by atoms with E-state index in [0.29, 0.717) is 44.3 Å². The molecule has 0 fully saturated rings. The number of ether oxygens (including phenoxy) is 4. The summed E-state index contributed by atoms with van der Waals surface area (Å²) in [6.07, 6.45) is 0. The standard InChI is InChI=1S/C14H20ClNO5/c1-3-20-14(16-15)12-5-4-11(10-13(12)17)21-9-8-19-7-6-18-2/h4-5,10,17H,3,6-9H2,1-2H3. The zero-order chi connectivity index (χ0) is 15.5. The molecule has 21 heavy (non-hydrogen) atoms. The maximum absolute atomic E-state index is 9.94. The highest BCUT2D eigenvalue weighted by molar-refractivity contribution is 6.21. The van der Waals surface area contributed by atoms with Crippen molar-refractivity contribution in [2.45, 2.75) is 6.92 Å². The van der Waals surface area contributed by atoms with E-state index in [9.17, 15) is 5.11 Å². The number of benzene rings is 1. The first-order valence-electron chi connectivity index (χ1n) is 6.57. The molecule has 1 aromatic carbocycles. The summed E-state index contributed by atoms with van der Waals surface area (Å²) >= 11 is 5.43. The van der Waals surface area contributed by atoms with Gasteiger partial charge in [-0.1, -0.05) is 0 Å². The van der Waals surface area contributed by atoms with Crippen LogP contribution in [0.1, 0.15) is 12.5 Å². The molecule has 1 N–H and O–H groups in total. The van der Waals surface area contributed by atoms with Crippen molar-refractivity contribution in [1.29, 1.82) is 0 Å². The quantitative estimate of drug-likeness (QED) is 0.430. The molecule has 1 rings (SSSR count). The lowest BCUT2D eigenvalue weighted by Crippen LogP contribution is -2.10. The van der Waals surface area contributed by atoms with Gasteiger partial charge >= 0.3 is 0 Å². The van der Waals surface area contributed by atoms with Crippen molar-refractivity contribution in [3.05, 3.63) is 23.8 Å². The second-order valence-electron chi connectivity index (χ2n) is 3.96. The van der Waals surface area contributed by atoms with E-state index in [4.69, 9.17) is 30.7 Å². The minimum atomic E-state index is -0.0133. The predicted octanol–water partition coefficient (Wildman–Crippen LogP) is 2.37. The molecule has 1 aromatic rings. The molecule has 0 unspecified atom stereocenters.